The Kier molecular flexibility index (Phi) is 3.49. The maximum absolute atomic E-state index is 12.9. The first-order valence-corrected chi connectivity index (χ1v) is 5.46. The molecule has 0 bridgehead atoms. The fourth-order valence-corrected chi connectivity index (χ4v) is 1.56. The third-order valence-corrected chi connectivity index (χ3v) is 2.63. The van der Waals surface area contributed by atoms with Gasteiger partial charge in [0.15, 0.2) is 0 Å². The summed E-state index contributed by atoms with van der Waals surface area (Å²) in [5, 5.41) is 0.0449. The highest BCUT2D eigenvalue weighted by Gasteiger charge is 2.03. The Bertz CT molecular complexity index is 531. The van der Waals surface area contributed by atoms with Crippen LogP contribution in [-0.2, 0) is 6.61 Å². The molecule has 0 atom stereocenters. The number of nitrogens with two attached hydrogens (primary N) is 1. The molecule has 2 aromatic rings. The fourth-order valence-electron chi connectivity index (χ4n) is 1.39. The van der Waals surface area contributed by atoms with Crippen molar-refractivity contribution in [2.45, 2.75) is 6.61 Å². The third-order valence-electron chi connectivity index (χ3n) is 2.34. The van der Waals surface area contributed by atoms with Crippen LogP contribution in [0.15, 0.2) is 42.5 Å². The molecule has 0 fully saturated rings. The smallest absolute Gasteiger partial charge is 0.142 e. The van der Waals surface area contributed by atoms with Crippen LogP contribution in [0.5, 0.6) is 5.75 Å². The topological polar surface area (TPSA) is 35.2 Å². The standard InChI is InChI=1S/C13H11ClFNO/c14-11-7-10(5-6-12(11)15)17-8-9-3-1-2-4-13(9)16/h1-7H,8,16H2. The van der Waals surface area contributed by atoms with Gasteiger partial charge in [-0.25, -0.2) is 4.39 Å². The zero-order valence-electron chi connectivity index (χ0n) is 8.99. The second kappa shape index (κ2) is 5.06. The summed E-state index contributed by atoms with van der Waals surface area (Å²) in [6.07, 6.45) is 0. The highest BCUT2D eigenvalue weighted by Crippen LogP contribution is 2.22. The van der Waals surface area contributed by atoms with E-state index >= 15 is 0 Å². The maximum Gasteiger partial charge on any atom is 0.142 e. The Morgan fingerprint density at radius 1 is 1.18 bits per heavy atom. The molecule has 0 heterocycles. The number of nitrogen functional groups attached to an aromatic ring is 1. The van der Waals surface area contributed by atoms with Gasteiger partial charge in [0.25, 0.3) is 0 Å². The van der Waals surface area contributed by atoms with Crippen LogP contribution in [0.25, 0.3) is 0 Å². The van der Waals surface area contributed by atoms with E-state index in [1.807, 2.05) is 18.2 Å². The van der Waals surface area contributed by atoms with Crippen LogP contribution in [0.1, 0.15) is 5.56 Å². The quantitative estimate of drug-likeness (QED) is 0.846. The minimum absolute atomic E-state index is 0.0449. The first kappa shape index (κ1) is 11.7. The molecule has 17 heavy (non-hydrogen) atoms. The van der Waals surface area contributed by atoms with Crippen molar-refractivity contribution >= 4 is 17.3 Å². The molecule has 2 nitrogen and oxygen atoms in total. The van der Waals surface area contributed by atoms with E-state index < -0.39 is 5.82 Å². The van der Waals surface area contributed by atoms with Gasteiger partial charge in [0.1, 0.15) is 18.2 Å². The summed E-state index contributed by atoms with van der Waals surface area (Å²) in [4.78, 5) is 0. The molecule has 0 spiro atoms. The Balaban J connectivity index is 2.08. The van der Waals surface area contributed by atoms with Crippen molar-refractivity contribution in [2.75, 3.05) is 5.73 Å². The van der Waals surface area contributed by atoms with E-state index in [-0.39, 0.29) is 5.02 Å². The van der Waals surface area contributed by atoms with Crippen LogP contribution in [0, 0.1) is 5.82 Å². The highest BCUT2D eigenvalue weighted by molar-refractivity contribution is 6.30. The van der Waals surface area contributed by atoms with Crippen molar-refractivity contribution in [1.29, 1.82) is 0 Å². The molecule has 2 aromatic carbocycles. The summed E-state index contributed by atoms with van der Waals surface area (Å²) in [6.45, 7) is 0.328. The lowest BCUT2D eigenvalue weighted by molar-refractivity contribution is 0.306. The molecule has 0 saturated carbocycles. The Morgan fingerprint density at radius 3 is 2.65 bits per heavy atom. The largest absolute Gasteiger partial charge is 0.489 e. The summed E-state index contributed by atoms with van der Waals surface area (Å²) in [5.41, 5.74) is 7.32. The van der Waals surface area contributed by atoms with Gasteiger partial charge in [-0.2, -0.15) is 0 Å². The molecule has 0 aliphatic rings. The van der Waals surface area contributed by atoms with Gasteiger partial charge < -0.3 is 10.5 Å². The number of para-hydroxylation sites is 1. The van der Waals surface area contributed by atoms with Crippen molar-refractivity contribution < 1.29 is 9.13 Å². The fraction of sp³-hybridized carbons (Fsp3) is 0.0769. The van der Waals surface area contributed by atoms with E-state index in [4.69, 9.17) is 22.1 Å². The number of hydrogen-bond acceptors (Lipinski definition) is 2. The van der Waals surface area contributed by atoms with Crippen molar-refractivity contribution in [3.63, 3.8) is 0 Å². The zero-order valence-corrected chi connectivity index (χ0v) is 9.75. The summed E-state index contributed by atoms with van der Waals surface area (Å²) in [6, 6.07) is 11.7. The molecule has 0 aliphatic heterocycles. The average molecular weight is 252 g/mol. The van der Waals surface area contributed by atoms with Crippen LogP contribution in [0.2, 0.25) is 5.02 Å². The van der Waals surface area contributed by atoms with E-state index in [1.54, 1.807) is 6.07 Å². The van der Waals surface area contributed by atoms with Gasteiger partial charge >= 0.3 is 0 Å². The van der Waals surface area contributed by atoms with E-state index in [1.165, 1.54) is 18.2 Å². The Hall–Kier alpha value is -1.74. The molecule has 0 aromatic heterocycles. The first-order valence-electron chi connectivity index (χ1n) is 5.08. The van der Waals surface area contributed by atoms with Gasteiger partial charge in [-0.05, 0) is 18.2 Å². The van der Waals surface area contributed by atoms with Gasteiger partial charge in [0.2, 0.25) is 0 Å². The lowest BCUT2D eigenvalue weighted by Crippen LogP contribution is -1.99. The summed E-state index contributed by atoms with van der Waals surface area (Å²) in [7, 11) is 0. The molecule has 0 amide bonds. The third kappa shape index (κ3) is 2.88. The lowest BCUT2D eigenvalue weighted by Gasteiger charge is -2.08. The van der Waals surface area contributed by atoms with Gasteiger partial charge in [-0.3, -0.25) is 0 Å². The molecule has 2 rings (SSSR count). The number of rotatable bonds is 3. The minimum Gasteiger partial charge on any atom is -0.489 e. The second-order valence-corrected chi connectivity index (χ2v) is 3.97. The highest BCUT2D eigenvalue weighted by atomic mass is 35.5. The minimum atomic E-state index is -0.460. The van der Waals surface area contributed by atoms with Gasteiger partial charge in [-0.1, -0.05) is 29.8 Å². The number of benzene rings is 2. The van der Waals surface area contributed by atoms with Gasteiger partial charge in [0, 0.05) is 17.3 Å². The number of ether oxygens (including phenoxy) is 1. The summed E-state index contributed by atoms with van der Waals surface area (Å²) >= 11 is 5.65. The van der Waals surface area contributed by atoms with Crippen LogP contribution >= 0.6 is 11.6 Å². The van der Waals surface area contributed by atoms with Crippen LogP contribution < -0.4 is 10.5 Å². The summed E-state index contributed by atoms with van der Waals surface area (Å²) in [5.74, 6) is 0.0536. The Morgan fingerprint density at radius 2 is 1.94 bits per heavy atom. The van der Waals surface area contributed by atoms with Crippen LogP contribution in [0.4, 0.5) is 10.1 Å². The van der Waals surface area contributed by atoms with Crippen molar-refractivity contribution in [1.82, 2.24) is 0 Å². The predicted molar refractivity (Wildman–Crippen MR) is 66.6 cm³/mol. The van der Waals surface area contributed by atoms with E-state index in [0.29, 0.717) is 18.0 Å². The predicted octanol–water partition coefficient (Wildman–Crippen LogP) is 3.64. The van der Waals surface area contributed by atoms with Gasteiger partial charge in [0.05, 0.1) is 5.02 Å². The molecular formula is C13H11ClFNO. The SMILES string of the molecule is Nc1ccccc1COc1ccc(F)c(Cl)c1. The van der Waals surface area contributed by atoms with Crippen molar-refractivity contribution in [3.05, 3.63) is 58.9 Å². The second-order valence-electron chi connectivity index (χ2n) is 3.56. The molecule has 88 valence electrons. The van der Waals surface area contributed by atoms with Crippen molar-refractivity contribution in [2.24, 2.45) is 0 Å². The maximum atomic E-state index is 12.9. The molecule has 0 unspecified atom stereocenters. The molecule has 0 radical (unpaired) electrons. The number of hydrogen-bond donors (Lipinski definition) is 1. The van der Waals surface area contributed by atoms with Crippen molar-refractivity contribution in [3.8, 4) is 5.75 Å². The molecule has 2 N–H and O–H groups in total. The zero-order chi connectivity index (χ0) is 12.3. The van der Waals surface area contributed by atoms with Gasteiger partial charge in [-0.15, -0.1) is 0 Å². The molecule has 4 heteroatoms. The van der Waals surface area contributed by atoms with E-state index in [0.717, 1.165) is 5.56 Å². The monoisotopic (exact) mass is 251 g/mol. The first-order chi connectivity index (χ1) is 8.16. The molecule has 0 saturated heterocycles. The van der Waals surface area contributed by atoms with Crippen LogP contribution in [0.3, 0.4) is 0 Å². The van der Waals surface area contributed by atoms with E-state index in [2.05, 4.69) is 0 Å². The summed E-state index contributed by atoms with van der Waals surface area (Å²) < 4.78 is 18.4. The lowest BCUT2D eigenvalue weighted by atomic mass is 10.2. The normalized spacial score (nSPS) is 10.2. The van der Waals surface area contributed by atoms with Crippen LogP contribution in [-0.4, -0.2) is 0 Å². The average Bonchev–Trinajstić information content (AvgIpc) is 2.32. The number of halogens is 2. The van der Waals surface area contributed by atoms with E-state index in [9.17, 15) is 4.39 Å². The Labute approximate surface area is 104 Å². The number of anilines is 1. The molecule has 0 aliphatic carbocycles. The molecular weight excluding hydrogens is 241 g/mol.